The van der Waals surface area contributed by atoms with Crippen molar-refractivity contribution in [1.29, 1.82) is 0 Å². The Hall–Kier alpha value is -2.40. The average molecular weight is 305 g/mol. The molecule has 0 atom stereocenters. The molecule has 106 valence electrons. The van der Waals surface area contributed by atoms with E-state index in [0.717, 1.165) is 0 Å². The van der Waals surface area contributed by atoms with Gasteiger partial charge in [0.05, 0.1) is 17.1 Å². The molecule has 6 heteroatoms. The van der Waals surface area contributed by atoms with Crippen LogP contribution in [0.5, 0.6) is 0 Å². The molecular weight excluding hydrogens is 295 g/mol. The van der Waals surface area contributed by atoms with Gasteiger partial charge in [0.1, 0.15) is 5.82 Å². The van der Waals surface area contributed by atoms with E-state index in [9.17, 15) is 14.3 Å². The zero-order valence-corrected chi connectivity index (χ0v) is 11.5. The maximum Gasteiger partial charge on any atom is 0.357 e. The summed E-state index contributed by atoms with van der Waals surface area (Å²) in [6, 6.07) is 11.5. The zero-order chi connectivity index (χ0) is 15.0. The largest absolute Gasteiger partial charge is 0.476 e. The fourth-order valence-corrected chi connectivity index (χ4v) is 2.42. The highest BCUT2D eigenvalue weighted by molar-refractivity contribution is 6.31. The Morgan fingerprint density at radius 2 is 2.00 bits per heavy atom. The first-order chi connectivity index (χ1) is 10.1. The molecule has 0 fully saturated rings. The minimum absolute atomic E-state index is 0.0222. The number of para-hydroxylation sites is 1. The lowest BCUT2D eigenvalue weighted by molar-refractivity contribution is 0.0691. The lowest BCUT2D eigenvalue weighted by Crippen LogP contribution is -2.05. The summed E-state index contributed by atoms with van der Waals surface area (Å²) in [5.41, 5.74) is 1.18. The van der Waals surface area contributed by atoms with E-state index in [1.165, 1.54) is 10.7 Å². The standard InChI is InChI=1S/C15H10ClFN2O2/c16-13-9(4-3-6-11(13)17)8-19-12-7-2-1-5-10(12)14(18-19)15(20)21/h1-7H,8H2,(H,20,21). The monoisotopic (exact) mass is 304 g/mol. The van der Waals surface area contributed by atoms with Gasteiger partial charge in [-0.2, -0.15) is 5.10 Å². The SMILES string of the molecule is O=C(O)c1nn(Cc2cccc(F)c2Cl)c2ccccc12. The molecule has 1 aromatic heterocycles. The van der Waals surface area contributed by atoms with Crippen molar-refractivity contribution in [2.75, 3.05) is 0 Å². The van der Waals surface area contributed by atoms with Crippen molar-refractivity contribution in [3.8, 4) is 0 Å². The van der Waals surface area contributed by atoms with Crippen LogP contribution < -0.4 is 0 Å². The highest BCUT2D eigenvalue weighted by Crippen LogP contribution is 2.24. The number of carboxylic acid groups (broad SMARTS) is 1. The summed E-state index contributed by atoms with van der Waals surface area (Å²) in [7, 11) is 0. The summed E-state index contributed by atoms with van der Waals surface area (Å²) >= 11 is 5.93. The first kappa shape index (κ1) is 13.6. The van der Waals surface area contributed by atoms with Gasteiger partial charge in [0.2, 0.25) is 0 Å². The molecule has 0 unspecified atom stereocenters. The Morgan fingerprint density at radius 1 is 1.24 bits per heavy atom. The molecule has 0 saturated heterocycles. The van der Waals surface area contributed by atoms with E-state index >= 15 is 0 Å². The van der Waals surface area contributed by atoms with E-state index in [2.05, 4.69) is 5.10 Å². The van der Waals surface area contributed by atoms with E-state index in [4.69, 9.17) is 11.6 Å². The van der Waals surface area contributed by atoms with Crippen LogP contribution in [0.15, 0.2) is 42.5 Å². The molecule has 3 rings (SSSR count). The van der Waals surface area contributed by atoms with Crippen LogP contribution in [0.25, 0.3) is 10.9 Å². The normalized spacial score (nSPS) is 11.0. The third kappa shape index (κ3) is 2.36. The molecule has 0 aliphatic rings. The molecule has 21 heavy (non-hydrogen) atoms. The molecule has 1 N–H and O–H groups in total. The maximum absolute atomic E-state index is 13.5. The molecule has 2 aromatic carbocycles. The number of carbonyl (C=O) groups is 1. The second-order valence-corrected chi connectivity index (χ2v) is 4.92. The van der Waals surface area contributed by atoms with E-state index in [-0.39, 0.29) is 17.3 Å². The minimum Gasteiger partial charge on any atom is -0.476 e. The lowest BCUT2D eigenvalue weighted by Gasteiger charge is -2.06. The number of carboxylic acids is 1. The molecule has 4 nitrogen and oxygen atoms in total. The van der Waals surface area contributed by atoms with Gasteiger partial charge in [0.15, 0.2) is 5.69 Å². The lowest BCUT2D eigenvalue weighted by atomic mass is 10.2. The van der Waals surface area contributed by atoms with Gasteiger partial charge in [-0.25, -0.2) is 9.18 Å². The Kier molecular flexibility index (Phi) is 3.35. The van der Waals surface area contributed by atoms with Crippen LogP contribution in [0, 0.1) is 5.82 Å². The summed E-state index contributed by atoms with van der Waals surface area (Å²) in [6.45, 7) is 0.199. The van der Waals surface area contributed by atoms with Gasteiger partial charge < -0.3 is 5.11 Å². The van der Waals surface area contributed by atoms with Crippen molar-refractivity contribution >= 4 is 28.5 Å². The van der Waals surface area contributed by atoms with Crippen LogP contribution >= 0.6 is 11.6 Å². The highest BCUT2D eigenvalue weighted by atomic mass is 35.5. The number of rotatable bonds is 3. The molecule has 1 heterocycles. The molecule has 0 aliphatic carbocycles. The maximum atomic E-state index is 13.5. The zero-order valence-electron chi connectivity index (χ0n) is 10.8. The fraction of sp³-hybridized carbons (Fsp3) is 0.0667. The highest BCUT2D eigenvalue weighted by Gasteiger charge is 2.16. The number of nitrogens with zero attached hydrogens (tertiary/aromatic N) is 2. The van der Waals surface area contributed by atoms with Crippen LogP contribution in [0.3, 0.4) is 0 Å². The number of aromatic nitrogens is 2. The molecule has 0 saturated carbocycles. The molecule has 0 bridgehead atoms. The number of benzene rings is 2. The number of hydrogen-bond acceptors (Lipinski definition) is 2. The van der Waals surface area contributed by atoms with Gasteiger partial charge in [0, 0.05) is 5.39 Å². The van der Waals surface area contributed by atoms with Gasteiger partial charge in [-0.15, -0.1) is 0 Å². The second kappa shape index (κ2) is 5.18. The van der Waals surface area contributed by atoms with Crippen LogP contribution in [-0.4, -0.2) is 20.9 Å². The Bertz CT molecular complexity index is 845. The number of fused-ring (bicyclic) bond motifs is 1. The molecule has 0 amide bonds. The third-order valence-corrected chi connectivity index (χ3v) is 3.64. The quantitative estimate of drug-likeness (QED) is 0.804. The predicted octanol–water partition coefficient (Wildman–Crippen LogP) is 3.58. The van der Waals surface area contributed by atoms with Crippen molar-refractivity contribution in [3.05, 3.63) is 64.6 Å². The summed E-state index contributed by atoms with van der Waals surface area (Å²) in [5.74, 6) is -1.61. The van der Waals surface area contributed by atoms with Crippen molar-refractivity contribution in [3.63, 3.8) is 0 Å². The topological polar surface area (TPSA) is 55.1 Å². The second-order valence-electron chi connectivity index (χ2n) is 4.54. The molecule has 3 aromatic rings. The van der Waals surface area contributed by atoms with Gasteiger partial charge in [-0.05, 0) is 17.7 Å². The van der Waals surface area contributed by atoms with Crippen molar-refractivity contribution in [2.45, 2.75) is 6.54 Å². The molecule has 0 radical (unpaired) electrons. The van der Waals surface area contributed by atoms with Gasteiger partial charge in [-0.3, -0.25) is 4.68 Å². The summed E-state index contributed by atoms with van der Waals surface area (Å²) < 4.78 is 15.0. The molecular formula is C15H10ClFN2O2. The number of halogens is 2. The first-order valence-corrected chi connectivity index (χ1v) is 6.57. The van der Waals surface area contributed by atoms with Crippen LogP contribution in [0.2, 0.25) is 5.02 Å². The van der Waals surface area contributed by atoms with Gasteiger partial charge in [-0.1, -0.05) is 41.9 Å². The summed E-state index contributed by atoms with van der Waals surface area (Å²) in [5, 5.41) is 13.9. The van der Waals surface area contributed by atoms with Crippen molar-refractivity contribution in [1.82, 2.24) is 9.78 Å². The van der Waals surface area contributed by atoms with E-state index in [0.29, 0.717) is 16.5 Å². The minimum atomic E-state index is -1.10. The van der Waals surface area contributed by atoms with Crippen molar-refractivity contribution in [2.24, 2.45) is 0 Å². The average Bonchev–Trinajstić information content (AvgIpc) is 2.83. The number of aromatic carboxylic acids is 1. The van der Waals surface area contributed by atoms with Gasteiger partial charge in [0.25, 0.3) is 0 Å². The Labute approximate surface area is 124 Å². The Morgan fingerprint density at radius 3 is 2.76 bits per heavy atom. The van der Waals surface area contributed by atoms with Gasteiger partial charge >= 0.3 is 5.97 Å². The third-order valence-electron chi connectivity index (χ3n) is 3.21. The molecule has 0 spiro atoms. The Balaban J connectivity index is 2.13. The predicted molar refractivity (Wildman–Crippen MR) is 77.2 cm³/mol. The summed E-state index contributed by atoms with van der Waals surface area (Å²) in [4.78, 5) is 11.2. The van der Waals surface area contributed by atoms with Crippen LogP contribution in [0.4, 0.5) is 4.39 Å². The van der Waals surface area contributed by atoms with Crippen LogP contribution in [0.1, 0.15) is 16.1 Å². The summed E-state index contributed by atoms with van der Waals surface area (Å²) in [6.07, 6.45) is 0. The first-order valence-electron chi connectivity index (χ1n) is 6.19. The number of hydrogen-bond donors (Lipinski definition) is 1. The molecule has 0 aliphatic heterocycles. The fourth-order valence-electron chi connectivity index (χ4n) is 2.24. The van der Waals surface area contributed by atoms with E-state index < -0.39 is 11.8 Å². The van der Waals surface area contributed by atoms with Crippen molar-refractivity contribution < 1.29 is 14.3 Å². The van der Waals surface area contributed by atoms with Crippen LogP contribution in [-0.2, 0) is 6.54 Å². The van der Waals surface area contributed by atoms with E-state index in [1.807, 2.05) is 0 Å². The van der Waals surface area contributed by atoms with E-state index in [1.54, 1.807) is 36.4 Å². The smallest absolute Gasteiger partial charge is 0.357 e.